The summed E-state index contributed by atoms with van der Waals surface area (Å²) in [6.07, 6.45) is -0.918. The van der Waals surface area contributed by atoms with Crippen molar-refractivity contribution in [3.63, 3.8) is 0 Å². The van der Waals surface area contributed by atoms with E-state index in [0.717, 1.165) is 5.56 Å². The van der Waals surface area contributed by atoms with Crippen molar-refractivity contribution < 1.29 is 23.8 Å². The van der Waals surface area contributed by atoms with Crippen LogP contribution in [0.15, 0.2) is 48.5 Å². The minimum atomic E-state index is -0.918. The van der Waals surface area contributed by atoms with Crippen molar-refractivity contribution in [2.24, 2.45) is 5.92 Å². The number of amides is 1. The molecule has 2 aromatic rings. The summed E-state index contributed by atoms with van der Waals surface area (Å²) in [5.74, 6) is 0.402. The Morgan fingerprint density at radius 3 is 2.36 bits per heavy atom. The van der Waals surface area contributed by atoms with Crippen LogP contribution in [0.25, 0.3) is 0 Å². The molecule has 1 atom stereocenters. The third-order valence-corrected chi connectivity index (χ3v) is 3.93. The lowest BCUT2D eigenvalue weighted by Gasteiger charge is -2.15. The second-order valence-corrected chi connectivity index (χ2v) is 6.82. The van der Waals surface area contributed by atoms with E-state index < -0.39 is 12.1 Å². The Balaban J connectivity index is 1.94. The van der Waals surface area contributed by atoms with E-state index in [2.05, 4.69) is 5.32 Å². The quantitative estimate of drug-likeness (QED) is 0.668. The summed E-state index contributed by atoms with van der Waals surface area (Å²) < 4.78 is 16.2. The Bertz CT molecular complexity index is 789. The summed E-state index contributed by atoms with van der Waals surface area (Å²) in [6.45, 7) is 6.54. The van der Waals surface area contributed by atoms with Crippen LogP contribution in [-0.2, 0) is 16.1 Å². The van der Waals surface area contributed by atoms with Gasteiger partial charge in [-0.05, 0) is 36.6 Å². The van der Waals surface area contributed by atoms with Crippen molar-refractivity contribution in [2.75, 3.05) is 13.7 Å². The zero-order valence-electron chi connectivity index (χ0n) is 16.7. The van der Waals surface area contributed by atoms with Gasteiger partial charge in [0.25, 0.3) is 5.91 Å². The van der Waals surface area contributed by atoms with Gasteiger partial charge in [-0.25, -0.2) is 4.79 Å². The van der Waals surface area contributed by atoms with E-state index in [0.29, 0.717) is 30.6 Å². The third-order valence-electron chi connectivity index (χ3n) is 3.93. The van der Waals surface area contributed by atoms with Gasteiger partial charge >= 0.3 is 5.97 Å². The van der Waals surface area contributed by atoms with Crippen LogP contribution in [0.3, 0.4) is 0 Å². The lowest BCUT2D eigenvalue weighted by atomic mass is 10.2. The van der Waals surface area contributed by atoms with E-state index in [4.69, 9.17) is 14.2 Å². The summed E-state index contributed by atoms with van der Waals surface area (Å²) in [5, 5.41) is 2.75. The highest BCUT2D eigenvalue weighted by Crippen LogP contribution is 2.29. The molecule has 0 aliphatic carbocycles. The van der Waals surface area contributed by atoms with Gasteiger partial charge in [0.1, 0.15) is 0 Å². The first-order valence-electron chi connectivity index (χ1n) is 9.24. The largest absolute Gasteiger partial charge is 0.493 e. The lowest BCUT2D eigenvalue weighted by molar-refractivity contribution is -0.129. The van der Waals surface area contributed by atoms with Crippen molar-refractivity contribution in [2.45, 2.75) is 33.4 Å². The van der Waals surface area contributed by atoms with Crippen LogP contribution in [0.4, 0.5) is 0 Å². The van der Waals surface area contributed by atoms with Crippen molar-refractivity contribution in [1.82, 2.24) is 5.32 Å². The number of carbonyl (C=O) groups is 2. The number of nitrogens with one attached hydrogen (secondary N) is 1. The highest BCUT2D eigenvalue weighted by Gasteiger charge is 2.20. The molecule has 0 saturated heterocycles. The summed E-state index contributed by atoms with van der Waals surface area (Å²) in [4.78, 5) is 24.6. The van der Waals surface area contributed by atoms with Gasteiger partial charge in [-0.2, -0.15) is 0 Å². The fourth-order valence-corrected chi connectivity index (χ4v) is 2.38. The molecule has 28 heavy (non-hydrogen) atoms. The SMILES string of the molecule is COc1cc(C(=O)O[C@H](C)C(=O)NCc2ccccc2)ccc1OCC(C)C. The predicted molar refractivity (Wildman–Crippen MR) is 106 cm³/mol. The van der Waals surface area contributed by atoms with Gasteiger partial charge < -0.3 is 19.5 Å². The molecular weight excluding hydrogens is 358 g/mol. The maximum absolute atomic E-state index is 12.4. The average molecular weight is 385 g/mol. The molecular formula is C22H27NO5. The molecule has 1 amide bonds. The van der Waals surface area contributed by atoms with Gasteiger partial charge in [0.15, 0.2) is 17.6 Å². The van der Waals surface area contributed by atoms with Crippen LogP contribution in [0.5, 0.6) is 11.5 Å². The van der Waals surface area contributed by atoms with Gasteiger partial charge in [0.05, 0.1) is 19.3 Å². The minimum Gasteiger partial charge on any atom is -0.493 e. The minimum absolute atomic E-state index is 0.288. The Hall–Kier alpha value is -3.02. The first-order valence-corrected chi connectivity index (χ1v) is 9.24. The molecule has 0 heterocycles. The molecule has 2 rings (SSSR count). The molecule has 1 N–H and O–H groups in total. The van der Waals surface area contributed by atoms with Crippen LogP contribution in [-0.4, -0.2) is 31.7 Å². The molecule has 0 radical (unpaired) electrons. The van der Waals surface area contributed by atoms with Crippen LogP contribution >= 0.6 is 0 Å². The lowest BCUT2D eigenvalue weighted by Crippen LogP contribution is -2.35. The third kappa shape index (κ3) is 6.30. The molecule has 0 saturated carbocycles. The summed E-state index contributed by atoms with van der Waals surface area (Å²) >= 11 is 0. The number of esters is 1. The number of rotatable bonds is 9. The number of hydrogen-bond acceptors (Lipinski definition) is 5. The maximum Gasteiger partial charge on any atom is 0.339 e. The molecule has 0 aliphatic rings. The van der Waals surface area contributed by atoms with Gasteiger partial charge in [0.2, 0.25) is 0 Å². The first-order chi connectivity index (χ1) is 13.4. The van der Waals surface area contributed by atoms with Crippen LogP contribution in [0.2, 0.25) is 0 Å². The Morgan fingerprint density at radius 1 is 1.00 bits per heavy atom. The molecule has 0 aliphatic heterocycles. The van der Waals surface area contributed by atoms with Crippen molar-refractivity contribution in [1.29, 1.82) is 0 Å². The highest BCUT2D eigenvalue weighted by molar-refractivity contribution is 5.92. The van der Waals surface area contributed by atoms with Crippen molar-refractivity contribution >= 4 is 11.9 Å². The molecule has 6 nitrogen and oxygen atoms in total. The summed E-state index contributed by atoms with van der Waals surface area (Å²) in [6, 6.07) is 14.3. The number of ether oxygens (including phenoxy) is 3. The molecule has 0 unspecified atom stereocenters. The van der Waals surface area contributed by atoms with Crippen LogP contribution in [0, 0.1) is 5.92 Å². The Kier molecular flexibility index (Phi) is 7.87. The second-order valence-electron chi connectivity index (χ2n) is 6.82. The standard InChI is InChI=1S/C22H27NO5/c1-15(2)14-27-19-11-10-18(12-20(19)26-4)22(25)28-16(3)21(24)23-13-17-8-6-5-7-9-17/h5-12,15-16H,13-14H2,1-4H3,(H,23,24)/t16-/m1/s1. The van der Waals surface area contributed by atoms with Gasteiger partial charge in [-0.1, -0.05) is 44.2 Å². The zero-order valence-corrected chi connectivity index (χ0v) is 16.7. The molecule has 6 heteroatoms. The van der Waals surface area contributed by atoms with E-state index >= 15 is 0 Å². The summed E-state index contributed by atoms with van der Waals surface area (Å²) in [5.41, 5.74) is 1.26. The molecule has 0 spiro atoms. The number of hydrogen-bond donors (Lipinski definition) is 1. The van der Waals surface area contributed by atoms with E-state index in [1.54, 1.807) is 18.2 Å². The topological polar surface area (TPSA) is 73.9 Å². The fraction of sp³-hybridized carbons (Fsp3) is 0.364. The molecule has 0 bridgehead atoms. The van der Waals surface area contributed by atoms with Gasteiger partial charge in [-0.3, -0.25) is 4.79 Å². The molecule has 150 valence electrons. The van der Waals surface area contributed by atoms with Crippen LogP contribution in [0.1, 0.15) is 36.7 Å². The molecule has 0 fully saturated rings. The van der Waals surface area contributed by atoms with E-state index in [-0.39, 0.29) is 11.5 Å². The zero-order chi connectivity index (χ0) is 20.5. The number of carbonyl (C=O) groups excluding carboxylic acids is 2. The summed E-state index contributed by atoms with van der Waals surface area (Å²) in [7, 11) is 1.51. The smallest absolute Gasteiger partial charge is 0.339 e. The average Bonchev–Trinajstić information content (AvgIpc) is 2.70. The van der Waals surface area contributed by atoms with E-state index in [1.807, 2.05) is 44.2 Å². The Labute approximate surface area is 165 Å². The monoisotopic (exact) mass is 385 g/mol. The first kappa shape index (κ1) is 21.3. The van der Waals surface area contributed by atoms with Crippen molar-refractivity contribution in [3.8, 4) is 11.5 Å². The van der Waals surface area contributed by atoms with Gasteiger partial charge in [0, 0.05) is 6.54 Å². The van der Waals surface area contributed by atoms with Gasteiger partial charge in [-0.15, -0.1) is 0 Å². The molecule has 0 aromatic heterocycles. The fourth-order valence-electron chi connectivity index (χ4n) is 2.38. The van der Waals surface area contributed by atoms with Crippen molar-refractivity contribution in [3.05, 3.63) is 59.7 Å². The number of methoxy groups -OCH3 is 1. The number of benzene rings is 2. The predicted octanol–water partition coefficient (Wildman–Crippen LogP) is 3.59. The van der Waals surface area contributed by atoms with Crippen LogP contribution < -0.4 is 14.8 Å². The van der Waals surface area contributed by atoms with E-state index in [1.165, 1.54) is 14.0 Å². The Morgan fingerprint density at radius 2 is 1.71 bits per heavy atom. The normalized spacial score (nSPS) is 11.6. The second kappa shape index (κ2) is 10.3. The highest BCUT2D eigenvalue weighted by atomic mass is 16.5. The molecule has 2 aromatic carbocycles. The maximum atomic E-state index is 12.4. The van der Waals surface area contributed by atoms with E-state index in [9.17, 15) is 9.59 Å².